The topological polar surface area (TPSA) is 89.8 Å². The smallest absolute Gasteiger partial charge is 0.222 e. The Balaban J connectivity index is 3.59. The molecular formula is C53H103NO4. The predicted molar refractivity (Wildman–Crippen MR) is 255 cm³/mol. The van der Waals surface area contributed by atoms with Crippen LogP contribution >= 0.6 is 0 Å². The number of aliphatic hydroxyl groups excluding tert-OH is 3. The lowest BCUT2D eigenvalue weighted by atomic mass is 10.0. The molecule has 4 N–H and O–H groups in total. The van der Waals surface area contributed by atoms with Crippen LogP contribution in [0.2, 0.25) is 0 Å². The molecule has 58 heavy (non-hydrogen) atoms. The molecule has 0 spiro atoms. The average Bonchev–Trinajstić information content (AvgIpc) is 3.22. The average molecular weight is 818 g/mol. The van der Waals surface area contributed by atoms with E-state index in [-0.39, 0.29) is 18.9 Å². The molecule has 3 atom stereocenters. The highest BCUT2D eigenvalue weighted by atomic mass is 16.3. The molecule has 0 rings (SSSR count). The zero-order chi connectivity index (χ0) is 42.3. The number of amides is 1. The minimum atomic E-state index is -0.930. The molecule has 0 saturated heterocycles. The first kappa shape index (κ1) is 56.8. The molecule has 0 aromatic carbocycles. The molecule has 5 nitrogen and oxygen atoms in total. The third kappa shape index (κ3) is 44.4. The van der Waals surface area contributed by atoms with E-state index in [4.69, 9.17) is 0 Å². The number of rotatable bonds is 48. The van der Waals surface area contributed by atoms with Crippen molar-refractivity contribution in [2.75, 3.05) is 6.61 Å². The molecule has 5 heteroatoms. The van der Waals surface area contributed by atoms with Gasteiger partial charge in [0.25, 0.3) is 0 Å². The summed E-state index contributed by atoms with van der Waals surface area (Å²) in [6, 6.07) is -0.746. The minimum absolute atomic E-state index is 0.0101. The molecular weight excluding hydrogens is 715 g/mol. The fourth-order valence-corrected chi connectivity index (χ4v) is 8.22. The van der Waals surface area contributed by atoms with Crippen molar-refractivity contribution in [2.45, 2.75) is 302 Å². The SMILES string of the molecule is CCCCCCCCCCC/C=C\CCCCCCCC(O)CC(=O)NC(CO)C(O)/C=C/CCCCCCCCCCCCCCCCCCCCCCCCC. The molecule has 0 aliphatic carbocycles. The first-order valence-electron chi connectivity index (χ1n) is 26.1. The van der Waals surface area contributed by atoms with Crippen LogP contribution in [-0.2, 0) is 4.79 Å². The van der Waals surface area contributed by atoms with Crippen molar-refractivity contribution in [1.29, 1.82) is 0 Å². The lowest BCUT2D eigenvalue weighted by Gasteiger charge is -2.21. The van der Waals surface area contributed by atoms with E-state index in [0.717, 1.165) is 38.5 Å². The van der Waals surface area contributed by atoms with Gasteiger partial charge in [-0.05, 0) is 44.9 Å². The lowest BCUT2D eigenvalue weighted by Crippen LogP contribution is -2.45. The summed E-state index contributed by atoms with van der Waals surface area (Å²) >= 11 is 0. The van der Waals surface area contributed by atoms with Crippen LogP contribution in [0.4, 0.5) is 0 Å². The zero-order valence-corrected chi connectivity index (χ0v) is 39.2. The number of allylic oxidation sites excluding steroid dienone is 3. The molecule has 344 valence electrons. The standard InChI is InChI=1S/C53H103NO4/c1-3-5-7-9-11-13-15-17-19-21-23-24-25-26-27-28-29-31-33-35-37-39-41-43-45-47-52(57)51(49-55)54-53(58)48-50(56)46-44-42-40-38-36-34-32-30-22-20-18-16-14-12-10-8-6-4-2/h30,32,45,47,50-52,55-57H,3-29,31,33-44,46,48-49H2,1-2H3,(H,54,58)/b32-30-,47-45+. The summed E-state index contributed by atoms with van der Waals surface area (Å²) < 4.78 is 0. The Hall–Kier alpha value is -1.17. The Kier molecular flexibility index (Phi) is 47.5. The van der Waals surface area contributed by atoms with Gasteiger partial charge in [0, 0.05) is 0 Å². The molecule has 0 bridgehead atoms. The number of aliphatic hydroxyl groups is 3. The Morgan fingerprint density at radius 3 is 1.05 bits per heavy atom. The maximum Gasteiger partial charge on any atom is 0.222 e. The maximum absolute atomic E-state index is 12.5. The summed E-state index contributed by atoms with van der Waals surface area (Å²) in [5.41, 5.74) is 0. The number of hydrogen-bond donors (Lipinski definition) is 4. The largest absolute Gasteiger partial charge is 0.394 e. The number of nitrogens with one attached hydrogen (secondary N) is 1. The van der Waals surface area contributed by atoms with Gasteiger partial charge in [-0.2, -0.15) is 0 Å². The molecule has 0 aromatic heterocycles. The van der Waals surface area contributed by atoms with E-state index >= 15 is 0 Å². The fraction of sp³-hybridized carbons (Fsp3) is 0.906. The Bertz CT molecular complexity index is 859. The van der Waals surface area contributed by atoms with Gasteiger partial charge in [0.1, 0.15) is 0 Å². The van der Waals surface area contributed by atoms with Crippen molar-refractivity contribution in [2.24, 2.45) is 0 Å². The van der Waals surface area contributed by atoms with Crippen LogP contribution in [0.25, 0.3) is 0 Å². The summed E-state index contributed by atoms with van der Waals surface area (Å²) in [5.74, 6) is -0.317. The lowest BCUT2D eigenvalue weighted by molar-refractivity contribution is -0.124. The van der Waals surface area contributed by atoms with Gasteiger partial charge >= 0.3 is 0 Å². The molecule has 0 saturated carbocycles. The van der Waals surface area contributed by atoms with Crippen molar-refractivity contribution in [3.63, 3.8) is 0 Å². The van der Waals surface area contributed by atoms with E-state index in [0.29, 0.717) is 6.42 Å². The molecule has 0 aliphatic heterocycles. The Morgan fingerprint density at radius 2 is 0.724 bits per heavy atom. The summed E-state index contributed by atoms with van der Waals surface area (Å²) in [7, 11) is 0. The first-order valence-corrected chi connectivity index (χ1v) is 26.1. The second-order valence-electron chi connectivity index (χ2n) is 18.1. The van der Waals surface area contributed by atoms with Gasteiger partial charge < -0.3 is 20.6 Å². The van der Waals surface area contributed by atoms with Gasteiger partial charge in [-0.1, -0.05) is 256 Å². The van der Waals surface area contributed by atoms with Gasteiger partial charge in [-0.3, -0.25) is 4.79 Å². The second kappa shape index (κ2) is 48.5. The Labute approximate surface area is 362 Å². The molecule has 0 aliphatic rings. The maximum atomic E-state index is 12.5. The molecule has 0 aromatic rings. The number of hydrogen-bond acceptors (Lipinski definition) is 4. The molecule has 0 heterocycles. The van der Waals surface area contributed by atoms with Crippen LogP contribution in [-0.4, -0.2) is 46.1 Å². The van der Waals surface area contributed by atoms with E-state index in [9.17, 15) is 20.1 Å². The van der Waals surface area contributed by atoms with Crippen molar-refractivity contribution in [3.8, 4) is 0 Å². The number of unbranched alkanes of at least 4 members (excludes halogenated alkanes) is 37. The third-order valence-electron chi connectivity index (χ3n) is 12.2. The van der Waals surface area contributed by atoms with Crippen LogP contribution in [0.5, 0.6) is 0 Å². The first-order chi connectivity index (χ1) is 28.5. The van der Waals surface area contributed by atoms with Gasteiger partial charge in [-0.25, -0.2) is 0 Å². The monoisotopic (exact) mass is 818 g/mol. The quantitative estimate of drug-likeness (QED) is 0.0364. The van der Waals surface area contributed by atoms with Gasteiger partial charge in [-0.15, -0.1) is 0 Å². The van der Waals surface area contributed by atoms with Gasteiger partial charge in [0.15, 0.2) is 0 Å². The molecule has 0 fully saturated rings. The normalized spacial score (nSPS) is 13.5. The predicted octanol–water partition coefficient (Wildman–Crippen LogP) is 15.7. The van der Waals surface area contributed by atoms with Crippen molar-refractivity contribution >= 4 is 5.91 Å². The highest BCUT2D eigenvalue weighted by Crippen LogP contribution is 2.17. The summed E-state index contributed by atoms with van der Waals surface area (Å²) in [6.07, 6.45) is 60.6. The third-order valence-corrected chi connectivity index (χ3v) is 12.2. The van der Waals surface area contributed by atoms with Gasteiger partial charge in [0.05, 0.1) is 31.3 Å². The molecule has 1 amide bonds. The van der Waals surface area contributed by atoms with E-state index in [1.54, 1.807) is 6.08 Å². The fourth-order valence-electron chi connectivity index (χ4n) is 8.22. The van der Waals surface area contributed by atoms with E-state index < -0.39 is 18.2 Å². The zero-order valence-electron chi connectivity index (χ0n) is 39.2. The second-order valence-corrected chi connectivity index (χ2v) is 18.1. The van der Waals surface area contributed by atoms with Crippen LogP contribution < -0.4 is 5.32 Å². The van der Waals surface area contributed by atoms with Crippen molar-refractivity contribution < 1.29 is 20.1 Å². The number of carbonyl (C=O) groups is 1. The summed E-state index contributed by atoms with van der Waals surface area (Å²) in [6.45, 7) is 4.24. The van der Waals surface area contributed by atoms with E-state index in [1.807, 2.05) is 6.08 Å². The van der Waals surface area contributed by atoms with Gasteiger partial charge in [0.2, 0.25) is 5.91 Å². The Morgan fingerprint density at radius 1 is 0.431 bits per heavy atom. The van der Waals surface area contributed by atoms with E-state index in [2.05, 4.69) is 31.3 Å². The van der Waals surface area contributed by atoms with Crippen LogP contribution in [0.1, 0.15) is 284 Å². The minimum Gasteiger partial charge on any atom is -0.394 e. The van der Waals surface area contributed by atoms with E-state index in [1.165, 1.54) is 218 Å². The summed E-state index contributed by atoms with van der Waals surface area (Å²) in [5, 5.41) is 33.4. The van der Waals surface area contributed by atoms with Crippen LogP contribution in [0.15, 0.2) is 24.3 Å². The molecule has 0 radical (unpaired) electrons. The highest BCUT2D eigenvalue weighted by molar-refractivity contribution is 5.76. The van der Waals surface area contributed by atoms with Crippen molar-refractivity contribution in [1.82, 2.24) is 5.32 Å². The molecule has 3 unspecified atom stereocenters. The number of carbonyl (C=O) groups excluding carboxylic acids is 1. The highest BCUT2D eigenvalue weighted by Gasteiger charge is 2.20. The van der Waals surface area contributed by atoms with Crippen LogP contribution in [0.3, 0.4) is 0 Å². The summed E-state index contributed by atoms with van der Waals surface area (Å²) in [4.78, 5) is 12.5. The van der Waals surface area contributed by atoms with Crippen LogP contribution in [0, 0.1) is 0 Å². The van der Waals surface area contributed by atoms with Crippen molar-refractivity contribution in [3.05, 3.63) is 24.3 Å².